The maximum Gasteiger partial charge on any atom is 0.331 e. The van der Waals surface area contributed by atoms with Gasteiger partial charge in [-0.15, -0.1) is 0 Å². The number of carboxylic acid groups (broad SMARTS) is 1. The van der Waals surface area contributed by atoms with Crippen LogP contribution in [0.4, 0.5) is 0 Å². The van der Waals surface area contributed by atoms with E-state index in [2.05, 4.69) is 4.52 Å². The SMILES string of the molecule is CC(=CCOP)C(=O)O. The number of carboxylic acids is 1. The lowest BCUT2D eigenvalue weighted by molar-refractivity contribution is -0.132. The summed E-state index contributed by atoms with van der Waals surface area (Å²) in [6, 6.07) is 0. The Hall–Kier alpha value is -0.400. The zero-order valence-corrected chi connectivity index (χ0v) is 6.28. The molecule has 0 rings (SSSR count). The van der Waals surface area contributed by atoms with Crippen molar-refractivity contribution in [3.8, 4) is 0 Å². The Morgan fingerprint density at radius 3 is 2.78 bits per heavy atom. The number of carbonyl (C=O) groups is 1. The largest absolute Gasteiger partial charge is 0.478 e. The molecule has 0 saturated heterocycles. The van der Waals surface area contributed by atoms with Crippen molar-refractivity contribution >= 4 is 15.4 Å². The Balaban J connectivity index is 3.69. The van der Waals surface area contributed by atoms with Gasteiger partial charge in [0, 0.05) is 15.0 Å². The van der Waals surface area contributed by atoms with Crippen LogP contribution in [0.25, 0.3) is 0 Å². The predicted octanol–water partition coefficient (Wildman–Crippen LogP) is 0.824. The first-order chi connectivity index (χ1) is 4.18. The van der Waals surface area contributed by atoms with Gasteiger partial charge in [0.1, 0.15) is 0 Å². The van der Waals surface area contributed by atoms with Gasteiger partial charge in [0.15, 0.2) is 0 Å². The smallest absolute Gasteiger partial charge is 0.331 e. The highest BCUT2D eigenvalue weighted by atomic mass is 31.0. The van der Waals surface area contributed by atoms with Gasteiger partial charge in [-0.05, 0) is 13.0 Å². The van der Waals surface area contributed by atoms with Gasteiger partial charge < -0.3 is 9.63 Å². The zero-order valence-electron chi connectivity index (χ0n) is 5.13. The Bertz CT molecular complexity index is 130. The quantitative estimate of drug-likeness (QED) is 0.476. The van der Waals surface area contributed by atoms with Gasteiger partial charge in [-0.3, -0.25) is 0 Å². The summed E-state index contributed by atoms with van der Waals surface area (Å²) in [7, 11) is 2.04. The van der Waals surface area contributed by atoms with Crippen LogP contribution in [-0.2, 0) is 9.32 Å². The second kappa shape index (κ2) is 4.48. The molecular weight excluding hydrogens is 139 g/mol. The van der Waals surface area contributed by atoms with Crippen LogP contribution in [0.15, 0.2) is 11.6 Å². The Morgan fingerprint density at radius 2 is 2.44 bits per heavy atom. The normalized spacial score (nSPS) is 11.6. The summed E-state index contributed by atoms with van der Waals surface area (Å²) in [5, 5.41) is 8.28. The summed E-state index contributed by atoms with van der Waals surface area (Å²) < 4.78 is 4.54. The predicted molar refractivity (Wildman–Crippen MR) is 37.1 cm³/mol. The Labute approximate surface area is 56.0 Å². The fourth-order valence-electron chi connectivity index (χ4n) is 0.260. The minimum Gasteiger partial charge on any atom is -0.478 e. The van der Waals surface area contributed by atoms with Gasteiger partial charge in [0.25, 0.3) is 0 Å². The third kappa shape index (κ3) is 4.13. The van der Waals surface area contributed by atoms with Crippen LogP contribution < -0.4 is 0 Å². The Kier molecular flexibility index (Phi) is 4.28. The van der Waals surface area contributed by atoms with E-state index in [0.717, 1.165) is 0 Å². The monoisotopic (exact) mass is 148 g/mol. The van der Waals surface area contributed by atoms with Crippen LogP contribution in [0.5, 0.6) is 0 Å². The molecule has 52 valence electrons. The number of hydrogen-bond acceptors (Lipinski definition) is 2. The molecular formula is C5H9O3P. The van der Waals surface area contributed by atoms with E-state index >= 15 is 0 Å². The lowest BCUT2D eigenvalue weighted by Gasteiger charge is -1.90. The second-order valence-corrected chi connectivity index (χ2v) is 1.86. The molecule has 0 aromatic carbocycles. The molecule has 0 bridgehead atoms. The average Bonchev–Trinajstić information content (AvgIpc) is 1.82. The van der Waals surface area contributed by atoms with E-state index in [9.17, 15) is 4.79 Å². The first-order valence-electron chi connectivity index (χ1n) is 2.40. The Morgan fingerprint density at radius 1 is 1.89 bits per heavy atom. The van der Waals surface area contributed by atoms with E-state index in [4.69, 9.17) is 5.11 Å². The molecule has 0 aliphatic heterocycles. The molecule has 0 fully saturated rings. The van der Waals surface area contributed by atoms with Gasteiger partial charge in [-0.1, -0.05) is 0 Å². The van der Waals surface area contributed by atoms with Crippen molar-refractivity contribution in [3.05, 3.63) is 11.6 Å². The molecule has 0 saturated carbocycles. The third-order valence-corrected chi connectivity index (χ3v) is 1.02. The summed E-state index contributed by atoms with van der Waals surface area (Å²) in [6.07, 6.45) is 1.50. The van der Waals surface area contributed by atoms with Gasteiger partial charge in [0.05, 0.1) is 6.61 Å². The van der Waals surface area contributed by atoms with Crippen molar-refractivity contribution in [2.24, 2.45) is 0 Å². The van der Waals surface area contributed by atoms with Crippen molar-refractivity contribution < 1.29 is 14.4 Å². The average molecular weight is 148 g/mol. The van der Waals surface area contributed by atoms with Crippen molar-refractivity contribution in [1.29, 1.82) is 0 Å². The molecule has 3 nitrogen and oxygen atoms in total. The molecule has 1 atom stereocenters. The first-order valence-corrected chi connectivity index (χ1v) is 2.87. The molecule has 0 aliphatic rings. The van der Waals surface area contributed by atoms with Gasteiger partial charge in [-0.25, -0.2) is 4.79 Å². The molecule has 0 spiro atoms. The highest BCUT2D eigenvalue weighted by molar-refractivity contribution is 7.09. The summed E-state index contributed by atoms with van der Waals surface area (Å²) in [6.45, 7) is 1.84. The fourth-order valence-corrected chi connectivity index (χ4v) is 0.357. The molecule has 0 aliphatic carbocycles. The minimum absolute atomic E-state index is 0.303. The van der Waals surface area contributed by atoms with E-state index in [1.54, 1.807) is 0 Å². The molecule has 1 unspecified atom stereocenters. The molecule has 0 aromatic rings. The topological polar surface area (TPSA) is 46.5 Å². The highest BCUT2D eigenvalue weighted by Gasteiger charge is 1.96. The van der Waals surface area contributed by atoms with Crippen LogP contribution in [0.1, 0.15) is 6.92 Å². The van der Waals surface area contributed by atoms with Crippen LogP contribution in [0, 0.1) is 0 Å². The lowest BCUT2D eigenvalue weighted by Crippen LogP contribution is -1.96. The van der Waals surface area contributed by atoms with Crippen molar-refractivity contribution in [3.63, 3.8) is 0 Å². The summed E-state index contributed by atoms with van der Waals surface area (Å²) in [5.41, 5.74) is 0.303. The van der Waals surface area contributed by atoms with Crippen LogP contribution in [-0.4, -0.2) is 17.7 Å². The molecule has 0 radical (unpaired) electrons. The highest BCUT2D eigenvalue weighted by Crippen LogP contribution is 1.93. The second-order valence-electron chi connectivity index (χ2n) is 1.53. The fraction of sp³-hybridized carbons (Fsp3) is 0.400. The first kappa shape index (κ1) is 8.60. The summed E-state index contributed by atoms with van der Waals surface area (Å²) >= 11 is 0. The van der Waals surface area contributed by atoms with E-state index < -0.39 is 5.97 Å². The molecule has 0 aromatic heterocycles. The van der Waals surface area contributed by atoms with Crippen LogP contribution in [0.3, 0.4) is 0 Å². The lowest BCUT2D eigenvalue weighted by atomic mass is 10.3. The maximum absolute atomic E-state index is 10.1. The molecule has 0 amide bonds. The third-order valence-electron chi connectivity index (χ3n) is 0.823. The summed E-state index contributed by atoms with van der Waals surface area (Å²) in [4.78, 5) is 10.1. The van der Waals surface area contributed by atoms with E-state index in [1.165, 1.54) is 13.0 Å². The van der Waals surface area contributed by atoms with Gasteiger partial charge in [0.2, 0.25) is 0 Å². The molecule has 0 heterocycles. The van der Waals surface area contributed by atoms with E-state index in [0.29, 0.717) is 12.2 Å². The maximum atomic E-state index is 10.1. The molecule has 4 heteroatoms. The van der Waals surface area contributed by atoms with Crippen molar-refractivity contribution in [2.75, 3.05) is 6.61 Å². The van der Waals surface area contributed by atoms with Crippen molar-refractivity contribution in [1.82, 2.24) is 0 Å². The standard InChI is InChI=1S/C5H9O3P/c1-4(5(6)7)2-3-8-9/h2H,3,9H2,1H3,(H,6,7). The zero-order chi connectivity index (χ0) is 7.28. The number of aliphatic carboxylic acids is 1. The van der Waals surface area contributed by atoms with Crippen LogP contribution in [0.2, 0.25) is 0 Å². The van der Waals surface area contributed by atoms with Gasteiger partial charge >= 0.3 is 5.97 Å². The molecule has 1 N–H and O–H groups in total. The van der Waals surface area contributed by atoms with Crippen molar-refractivity contribution in [2.45, 2.75) is 6.92 Å². The van der Waals surface area contributed by atoms with E-state index in [1.807, 2.05) is 9.47 Å². The number of hydrogen-bond donors (Lipinski definition) is 1. The summed E-state index contributed by atoms with van der Waals surface area (Å²) in [5.74, 6) is -0.906. The molecule has 9 heavy (non-hydrogen) atoms. The number of rotatable bonds is 3. The van der Waals surface area contributed by atoms with E-state index in [-0.39, 0.29) is 0 Å². The van der Waals surface area contributed by atoms with Gasteiger partial charge in [-0.2, -0.15) is 0 Å². The van der Waals surface area contributed by atoms with Crippen LogP contribution >= 0.6 is 9.47 Å². The minimum atomic E-state index is -0.906.